The molecular formula is C20H23N7O7. The summed E-state index contributed by atoms with van der Waals surface area (Å²) < 4.78 is 0. The number of hydrogen-bond donors (Lipinski definition) is 7. The molecule has 2 aromatic rings. The summed E-state index contributed by atoms with van der Waals surface area (Å²) in [6, 6.07) is 4.94. The molecule has 1 aromatic carbocycles. The van der Waals surface area contributed by atoms with Crippen molar-refractivity contribution in [3.8, 4) is 0 Å². The van der Waals surface area contributed by atoms with Crippen LogP contribution in [0.1, 0.15) is 28.8 Å². The van der Waals surface area contributed by atoms with Crippen LogP contribution in [-0.4, -0.2) is 63.2 Å². The van der Waals surface area contributed by atoms with E-state index in [0.717, 1.165) is 5.56 Å². The first-order chi connectivity index (χ1) is 16.2. The lowest BCUT2D eigenvalue weighted by atomic mass is 10.1. The van der Waals surface area contributed by atoms with Crippen LogP contribution in [0.3, 0.4) is 0 Å². The van der Waals surface area contributed by atoms with E-state index in [1.165, 1.54) is 17.0 Å². The van der Waals surface area contributed by atoms with Crippen molar-refractivity contribution in [1.82, 2.24) is 20.6 Å². The molecule has 180 valence electrons. The molecule has 2 heterocycles. The highest BCUT2D eigenvalue weighted by molar-refractivity contribution is 5.96. The smallest absolute Gasteiger partial charge is 0.326 e. The summed E-state index contributed by atoms with van der Waals surface area (Å²) in [4.78, 5) is 65.6. The van der Waals surface area contributed by atoms with E-state index in [4.69, 9.17) is 10.8 Å². The molecule has 1 aromatic heterocycles. The van der Waals surface area contributed by atoms with Crippen LogP contribution in [0, 0.1) is 0 Å². The molecule has 14 nitrogen and oxygen atoms in total. The van der Waals surface area contributed by atoms with E-state index < -0.39 is 42.0 Å². The third-order valence-corrected chi connectivity index (χ3v) is 5.10. The Morgan fingerprint density at radius 1 is 1.26 bits per heavy atom. The number of nitrogen functional groups attached to an aromatic ring is 1. The summed E-state index contributed by atoms with van der Waals surface area (Å²) in [5.74, 6) is -2.92. The summed E-state index contributed by atoms with van der Waals surface area (Å²) in [5.41, 5.74) is 5.86. The van der Waals surface area contributed by atoms with Gasteiger partial charge in [0.2, 0.25) is 12.4 Å². The number of anilines is 3. The van der Waals surface area contributed by atoms with Crippen LogP contribution in [0.4, 0.5) is 17.5 Å². The Morgan fingerprint density at radius 3 is 2.59 bits per heavy atom. The third kappa shape index (κ3) is 5.66. The minimum atomic E-state index is -1.33. The predicted octanol–water partition coefficient (Wildman–Crippen LogP) is -1.10. The number of benzene rings is 1. The molecule has 0 bridgehead atoms. The standard InChI is InChI=1S/C20H23N7O7/c21-20-25-16-15(18(32)26-20)27(9-28)13(8-23-16)22-7-10-1-3-11(4-2-10)17(31)24-12(19(33)34)5-6-14(29)30/h1-4,9,12-13,22H,5-8H2,(H,24,31)(H,29,30)(H,33,34)(H4,21,23,25,26,32)/t12-,13+/m0/s1. The van der Waals surface area contributed by atoms with E-state index in [9.17, 15) is 29.1 Å². The van der Waals surface area contributed by atoms with Gasteiger partial charge in [0, 0.05) is 18.5 Å². The van der Waals surface area contributed by atoms with Gasteiger partial charge in [0.15, 0.2) is 5.69 Å². The maximum atomic E-state index is 12.3. The number of aromatic nitrogens is 2. The maximum absolute atomic E-state index is 12.3. The van der Waals surface area contributed by atoms with Gasteiger partial charge in [-0.25, -0.2) is 4.79 Å². The van der Waals surface area contributed by atoms with Crippen LogP contribution < -0.4 is 32.1 Å². The number of fused-ring (bicyclic) bond motifs is 1. The molecule has 0 saturated carbocycles. The molecule has 14 heteroatoms. The SMILES string of the molecule is Nc1nc(=O)c2c([nH]1)NC[C@H](NCc1ccc(C(=O)N[C@@H](CCC(=O)O)C(=O)O)cc1)N2C=O. The molecule has 1 aliphatic heterocycles. The molecular weight excluding hydrogens is 450 g/mol. The van der Waals surface area contributed by atoms with Gasteiger partial charge >= 0.3 is 17.5 Å². The number of aliphatic carboxylic acids is 2. The van der Waals surface area contributed by atoms with E-state index in [0.29, 0.717) is 12.2 Å². The van der Waals surface area contributed by atoms with E-state index in [1.54, 1.807) is 12.1 Å². The number of nitrogens with zero attached hydrogens (tertiary/aromatic N) is 2. The van der Waals surface area contributed by atoms with E-state index >= 15 is 0 Å². The van der Waals surface area contributed by atoms with Crippen molar-refractivity contribution in [2.75, 3.05) is 22.5 Å². The predicted molar refractivity (Wildman–Crippen MR) is 119 cm³/mol. The lowest BCUT2D eigenvalue weighted by molar-refractivity contribution is -0.140. The number of aromatic amines is 1. The lowest BCUT2D eigenvalue weighted by Crippen LogP contribution is -2.54. The molecule has 0 spiro atoms. The molecule has 8 N–H and O–H groups in total. The fourth-order valence-electron chi connectivity index (χ4n) is 3.38. The molecule has 34 heavy (non-hydrogen) atoms. The zero-order chi connectivity index (χ0) is 24.8. The average Bonchev–Trinajstić information content (AvgIpc) is 2.79. The molecule has 0 aliphatic carbocycles. The minimum Gasteiger partial charge on any atom is -0.481 e. The van der Waals surface area contributed by atoms with Gasteiger partial charge < -0.3 is 31.6 Å². The number of hydrogen-bond acceptors (Lipinski definition) is 9. The van der Waals surface area contributed by atoms with Crippen LogP contribution in [0.25, 0.3) is 0 Å². The normalized spacial score (nSPS) is 15.5. The summed E-state index contributed by atoms with van der Waals surface area (Å²) in [7, 11) is 0. The first-order valence-corrected chi connectivity index (χ1v) is 10.1. The van der Waals surface area contributed by atoms with Crippen molar-refractivity contribution in [1.29, 1.82) is 0 Å². The molecule has 1 aliphatic rings. The third-order valence-electron chi connectivity index (χ3n) is 5.10. The zero-order valence-corrected chi connectivity index (χ0v) is 17.8. The number of carboxylic acid groups (broad SMARTS) is 2. The van der Waals surface area contributed by atoms with Gasteiger partial charge in [0.1, 0.15) is 18.0 Å². The van der Waals surface area contributed by atoms with Crippen LogP contribution >= 0.6 is 0 Å². The van der Waals surface area contributed by atoms with Gasteiger partial charge in [0.25, 0.3) is 5.91 Å². The summed E-state index contributed by atoms with van der Waals surface area (Å²) in [5, 5.41) is 26.3. The van der Waals surface area contributed by atoms with Crippen LogP contribution in [0.15, 0.2) is 29.1 Å². The number of nitrogens with one attached hydrogen (secondary N) is 4. The van der Waals surface area contributed by atoms with Gasteiger partial charge in [-0.2, -0.15) is 4.98 Å². The number of carbonyl (C=O) groups is 4. The minimum absolute atomic E-state index is 0.0378. The van der Waals surface area contributed by atoms with Crippen LogP contribution in [0.2, 0.25) is 0 Å². The molecule has 0 unspecified atom stereocenters. The largest absolute Gasteiger partial charge is 0.481 e. The Hall–Kier alpha value is -4.46. The number of nitrogens with two attached hydrogens (primary N) is 1. The Balaban J connectivity index is 1.62. The Bertz CT molecular complexity index is 1150. The zero-order valence-electron chi connectivity index (χ0n) is 17.8. The monoisotopic (exact) mass is 473 g/mol. The van der Waals surface area contributed by atoms with Gasteiger partial charge in [-0.3, -0.25) is 29.4 Å². The number of amides is 2. The number of rotatable bonds is 10. The van der Waals surface area contributed by atoms with Crippen molar-refractivity contribution in [3.63, 3.8) is 0 Å². The van der Waals surface area contributed by atoms with E-state index in [2.05, 4.69) is 25.9 Å². The second-order valence-corrected chi connectivity index (χ2v) is 7.43. The highest BCUT2D eigenvalue weighted by Crippen LogP contribution is 2.24. The van der Waals surface area contributed by atoms with E-state index in [-0.39, 0.29) is 36.7 Å². The highest BCUT2D eigenvalue weighted by atomic mass is 16.4. The quantitative estimate of drug-likeness (QED) is 0.205. The van der Waals surface area contributed by atoms with Gasteiger partial charge in [-0.1, -0.05) is 12.1 Å². The van der Waals surface area contributed by atoms with Crippen molar-refractivity contribution in [2.45, 2.75) is 31.6 Å². The van der Waals surface area contributed by atoms with Crippen molar-refractivity contribution < 1.29 is 29.4 Å². The van der Waals surface area contributed by atoms with Crippen molar-refractivity contribution >= 4 is 41.7 Å². The Morgan fingerprint density at radius 2 is 1.97 bits per heavy atom. The second-order valence-electron chi connectivity index (χ2n) is 7.43. The summed E-state index contributed by atoms with van der Waals surface area (Å²) >= 11 is 0. The fourth-order valence-corrected chi connectivity index (χ4v) is 3.38. The molecule has 3 rings (SSSR count). The second kappa shape index (κ2) is 10.4. The lowest BCUT2D eigenvalue weighted by Gasteiger charge is -2.34. The Kier molecular flexibility index (Phi) is 7.43. The number of H-pyrrole nitrogens is 1. The summed E-state index contributed by atoms with van der Waals surface area (Å²) in [6.07, 6.45) is -0.684. The topological polar surface area (TPSA) is 220 Å². The fraction of sp³-hybridized carbons (Fsp3) is 0.300. The number of carboxylic acids is 2. The molecule has 0 saturated heterocycles. The Labute approximate surface area is 192 Å². The van der Waals surface area contributed by atoms with Gasteiger partial charge in [-0.15, -0.1) is 0 Å². The molecule has 2 atom stereocenters. The van der Waals surface area contributed by atoms with Crippen molar-refractivity contribution in [3.05, 3.63) is 45.7 Å². The van der Waals surface area contributed by atoms with E-state index in [1.807, 2.05) is 0 Å². The first-order valence-electron chi connectivity index (χ1n) is 10.1. The molecule has 2 amide bonds. The maximum Gasteiger partial charge on any atom is 0.326 e. The average molecular weight is 473 g/mol. The molecule has 0 fully saturated rings. The summed E-state index contributed by atoms with van der Waals surface area (Å²) in [6.45, 7) is 0.559. The number of carbonyl (C=O) groups excluding carboxylic acids is 2. The van der Waals surface area contributed by atoms with Gasteiger partial charge in [-0.05, 0) is 24.1 Å². The van der Waals surface area contributed by atoms with Crippen LogP contribution in [-0.2, 0) is 20.9 Å². The first kappa shape index (κ1) is 24.2. The highest BCUT2D eigenvalue weighted by Gasteiger charge is 2.29. The van der Waals surface area contributed by atoms with Crippen molar-refractivity contribution in [2.24, 2.45) is 0 Å². The van der Waals surface area contributed by atoms with Gasteiger partial charge in [0.05, 0.1) is 6.54 Å². The molecule has 0 radical (unpaired) electrons. The van der Waals surface area contributed by atoms with Crippen LogP contribution in [0.5, 0.6) is 0 Å².